The van der Waals surface area contributed by atoms with Gasteiger partial charge in [0, 0.05) is 121 Å². The molecule has 0 saturated heterocycles. The van der Waals surface area contributed by atoms with E-state index in [4.69, 9.17) is 49.4 Å². The van der Waals surface area contributed by atoms with Crippen molar-refractivity contribution in [3.05, 3.63) is 164 Å². The van der Waals surface area contributed by atoms with Crippen molar-refractivity contribution in [1.29, 1.82) is 0 Å². The number of hydrogen-bond acceptors (Lipinski definition) is 13. The molecule has 0 unspecified atom stereocenters. The monoisotopic (exact) mass is 1570 g/mol. The van der Waals surface area contributed by atoms with Crippen molar-refractivity contribution in [2.75, 3.05) is 70.5 Å². The second-order valence-corrected chi connectivity index (χ2v) is 22.2. The molecule has 0 saturated carbocycles. The van der Waals surface area contributed by atoms with E-state index in [-0.39, 0.29) is 34.1 Å². The van der Waals surface area contributed by atoms with Crippen molar-refractivity contribution >= 4 is 196 Å². The lowest BCUT2D eigenvalue weighted by Crippen LogP contribution is -2.38. The van der Waals surface area contributed by atoms with Crippen LogP contribution in [0.25, 0.3) is 0 Å². The zero-order chi connectivity index (χ0) is 56.6. The molecule has 2 aliphatic rings. The quantitative estimate of drug-likeness (QED) is 0.0420. The number of halogens is 8. The standard InChI is InChI=1S/C10H14BBrN2O.C9H10BrNO.C7H7BrN2O.C7H9BrN2.C7H6BrNO2.C7H8BrNO.C2H4Br2.2CH4.B2.H2/c1-11(15)14-5-4-13-10-3-2-9(12)6-8(10)7-14;10-7-2-3-8-9(6-7)12-5-1-4-11-8;8-4-1-2-6(9)5(3-4)7(10)11;8-6-1-2-7(10)5(3-6)4-9;8-4-1-2-6(9)5(3-4)7(10)11;8-6-1-2-7(9)5(3-6)4-10;3-1-2-4;;;1-2;/h2-3,6,13,15H,4-5,7H2,1H3;2-3,6,11H,1,4-5H2;1-3H,9H2,(H2,10,11);1-3H,4,9-10H2;1-3H,9H2,(H,10,11);1-3,10H,4,9H2;1-2H2;2*1H4;;1H. The van der Waals surface area contributed by atoms with Crippen LogP contribution in [-0.4, -0.2) is 91.4 Å². The van der Waals surface area contributed by atoms with Crippen LogP contribution < -0.4 is 49.8 Å². The fourth-order valence-corrected chi connectivity index (χ4v) is 8.26. The van der Waals surface area contributed by atoms with E-state index in [0.29, 0.717) is 28.0 Å². The average Bonchev–Trinajstić information content (AvgIpc) is 3.77. The van der Waals surface area contributed by atoms with Gasteiger partial charge in [0.2, 0.25) is 0 Å². The van der Waals surface area contributed by atoms with Crippen LogP contribution in [0.4, 0.5) is 34.1 Å². The van der Waals surface area contributed by atoms with Crippen LogP contribution in [0, 0.1) is 0 Å². The Kier molecular flexibility index (Phi) is 41.9. The number of aliphatic hydroxyl groups is 1. The highest BCUT2D eigenvalue weighted by molar-refractivity contribution is 9.12. The molecule has 17 N–H and O–H groups in total. The minimum atomic E-state index is -1.01. The van der Waals surface area contributed by atoms with E-state index in [1.54, 1.807) is 42.5 Å². The molecule has 15 nitrogen and oxygen atoms in total. The highest BCUT2D eigenvalue weighted by Crippen LogP contribution is 2.30. The van der Waals surface area contributed by atoms with Gasteiger partial charge in [0.15, 0.2) is 0 Å². The number of nitrogens with zero attached hydrogens (tertiary/aromatic N) is 1. The number of carboxylic acid groups (broad SMARTS) is 1. The molecule has 26 heteroatoms. The molecular formula is C51H68B3Br8N9O6. The average molecular weight is 1570 g/mol. The molecule has 2 aliphatic heterocycles. The molecule has 0 aromatic heterocycles. The first-order chi connectivity index (χ1) is 35.6. The lowest BCUT2D eigenvalue weighted by molar-refractivity contribution is 0.0697. The topological polar surface area (TPSA) is 287 Å². The first-order valence-corrected chi connectivity index (χ1v) is 29.2. The van der Waals surface area contributed by atoms with Gasteiger partial charge in [-0.1, -0.05) is 142 Å². The normalized spacial score (nSPS) is 11.3. The van der Waals surface area contributed by atoms with Gasteiger partial charge in [-0.25, -0.2) is 4.79 Å². The fraction of sp³-hybridized carbons (Fsp3) is 0.255. The number of nitrogens with two attached hydrogens (primary N) is 6. The molecule has 2 heterocycles. The number of benzene rings is 6. The number of fused-ring (bicyclic) bond motifs is 2. The van der Waals surface area contributed by atoms with E-state index in [1.807, 2.05) is 60.2 Å². The number of carbonyl (C=O) groups is 2. The number of anilines is 6. The first kappa shape index (κ1) is 75.8. The van der Waals surface area contributed by atoms with Crippen LogP contribution in [0.5, 0.6) is 5.75 Å². The third-order valence-corrected chi connectivity index (χ3v) is 14.5. The van der Waals surface area contributed by atoms with E-state index in [0.717, 1.165) is 100 Å². The number of ether oxygens (including phenoxy) is 1. The third kappa shape index (κ3) is 30.2. The summed E-state index contributed by atoms with van der Waals surface area (Å²) in [4.78, 5) is 23.2. The van der Waals surface area contributed by atoms with Crippen LogP contribution >= 0.6 is 127 Å². The number of rotatable bonds is 6. The molecule has 0 aliphatic carbocycles. The predicted molar refractivity (Wildman–Crippen MR) is 358 cm³/mol. The summed E-state index contributed by atoms with van der Waals surface area (Å²) >= 11 is 26.2. The third-order valence-electron chi connectivity index (χ3n) is 9.72. The van der Waals surface area contributed by atoms with Gasteiger partial charge in [0.05, 0.1) is 30.0 Å². The van der Waals surface area contributed by atoms with Gasteiger partial charge in [-0.05, 0) is 134 Å². The first-order valence-electron chi connectivity index (χ1n) is 22.2. The second-order valence-electron chi connectivity index (χ2n) is 15.2. The van der Waals surface area contributed by atoms with Gasteiger partial charge >= 0.3 is 13.0 Å². The molecule has 77 heavy (non-hydrogen) atoms. The summed E-state index contributed by atoms with van der Waals surface area (Å²) in [6, 6.07) is 33.0. The van der Waals surface area contributed by atoms with Crippen molar-refractivity contribution < 1.29 is 31.0 Å². The number of hydrogen-bond donors (Lipinski definition) is 11. The zero-order valence-corrected chi connectivity index (χ0v) is 53.4. The van der Waals surface area contributed by atoms with Gasteiger partial charge < -0.3 is 69.8 Å². The Labute approximate surface area is 526 Å². The van der Waals surface area contributed by atoms with E-state index in [9.17, 15) is 14.6 Å². The fourth-order valence-electron chi connectivity index (χ4n) is 5.97. The van der Waals surface area contributed by atoms with Crippen LogP contribution in [0.3, 0.4) is 0 Å². The van der Waals surface area contributed by atoms with Crippen LogP contribution in [0.2, 0.25) is 6.82 Å². The summed E-state index contributed by atoms with van der Waals surface area (Å²) < 4.78 is 11.1. The molecule has 4 radical (unpaired) electrons. The van der Waals surface area contributed by atoms with Gasteiger partial charge in [-0.2, -0.15) is 0 Å². The summed E-state index contributed by atoms with van der Waals surface area (Å²) in [6.45, 7) is 6.62. The second kappa shape index (κ2) is 42.6. The number of nitrogen functional groups attached to an aromatic ring is 4. The van der Waals surface area contributed by atoms with Crippen LogP contribution in [0.15, 0.2) is 136 Å². The summed E-state index contributed by atoms with van der Waals surface area (Å²) in [5.41, 5.74) is 40.2. The minimum absolute atomic E-state index is 0. The number of aromatic carboxylic acids is 1. The Bertz CT molecular complexity index is 2580. The summed E-state index contributed by atoms with van der Waals surface area (Å²) in [5.74, 6) is -0.575. The number of alkyl halides is 2. The van der Waals surface area contributed by atoms with E-state index in [1.165, 1.54) is 17.3 Å². The van der Waals surface area contributed by atoms with Crippen molar-refractivity contribution in [1.82, 2.24) is 4.81 Å². The van der Waals surface area contributed by atoms with Gasteiger partial charge in [0.1, 0.15) is 5.75 Å². The summed E-state index contributed by atoms with van der Waals surface area (Å²) in [6.07, 6.45) is 1.06. The maximum atomic E-state index is 10.7. The highest BCUT2D eigenvalue weighted by Gasteiger charge is 2.20. The molecule has 6 aromatic rings. The molecule has 0 fully saturated rings. The van der Waals surface area contributed by atoms with Gasteiger partial charge in [-0.15, -0.1) is 0 Å². The van der Waals surface area contributed by atoms with Crippen molar-refractivity contribution in [3.8, 4) is 5.75 Å². The zero-order valence-electron chi connectivity index (χ0n) is 40.7. The maximum absolute atomic E-state index is 10.7. The molecule has 0 atom stereocenters. The van der Waals surface area contributed by atoms with Crippen molar-refractivity contribution in [3.63, 3.8) is 0 Å². The molecule has 6 aromatic carbocycles. The number of primary amides is 1. The van der Waals surface area contributed by atoms with E-state index in [2.05, 4.69) is 166 Å². The number of carbonyl (C=O) groups excluding carboxylic acids is 1. The highest BCUT2D eigenvalue weighted by atomic mass is 79.9. The Hall–Kier alpha value is -3.27. The van der Waals surface area contributed by atoms with Gasteiger partial charge in [-0.3, -0.25) is 4.79 Å². The SMILES string of the molecule is BrCCBr.Brc1ccc2c(c1)OCCCN2.C.C.CB(O)N1CCNc2ccc(Br)cc2C1.NC(=O)c1cc(Br)ccc1N.NCc1cc(Br)ccc1N.Nc1ccc(Br)cc1C(=O)O.Nc1ccc(Br)cc1CO.[B][B].[HH]. The Morgan fingerprint density at radius 3 is 1.53 bits per heavy atom. The van der Waals surface area contributed by atoms with E-state index >= 15 is 0 Å². The van der Waals surface area contributed by atoms with Crippen molar-refractivity contribution in [2.45, 2.75) is 47.8 Å². The largest absolute Gasteiger partial charge is 0.491 e. The predicted octanol–water partition coefficient (Wildman–Crippen LogP) is 12.8. The number of nitrogens with one attached hydrogen (secondary N) is 2. The molecule has 0 spiro atoms. The number of amides is 1. The Morgan fingerprint density at radius 1 is 0.662 bits per heavy atom. The molecule has 8 rings (SSSR count). The smallest absolute Gasteiger partial charge is 0.376 e. The van der Waals surface area contributed by atoms with Gasteiger partial charge in [0.25, 0.3) is 5.91 Å². The van der Waals surface area contributed by atoms with E-state index < -0.39 is 18.9 Å². The van der Waals surface area contributed by atoms with Crippen LogP contribution in [0.1, 0.15) is 60.1 Å². The molecule has 0 bridgehead atoms. The lowest BCUT2D eigenvalue weighted by Gasteiger charge is -2.20. The summed E-state index contributed by atoms with van der Waals surface area (Å²) in [5, 5.41) is 35.7. The minimum Gasteiger partial charge on any atom is -0.491 e. The lowest BCUT2D eigenvalue weighted by atomic mass is 9.81. The Balaban J connectivity index is -0.000000845. The molecular weight excluding hydrogens is 1510 g/mol. The number of aliphatic hydroxyl groups excluding tert-OH is 1. The molecule has 418 valence electrons. The maximum Gasteiger partial charge on any atom is 0.376 e. The van der Waals surface area contributed by atoms with Crippen LogP contribution in [-0.2, 0) is 19.7 Å². The summed E-state index contributed by atoms with van der Waals surface area (Å²) in [7, 11) is 7.61. The Morgan fingerprint density at radius 2 is 1.09 bits per heavy atom. The van der Waals surface area contributed by atoms with Crippen molar-refractivity contribution in [2.24, 2.45) is 11.5 Å². The number of carboxylic acids is 1. The molecule has 1 amide bonds.